The Hall–Kier alpha value is -3.18. The van der Waals surface area contributed by atoms with Gasteiger partial charge in [-0.3, -0.25) is 9.82 Å². The molecule has 30 heavy (non-hydrogen) atoms. The fraction of sp³-hybridized carbons (Fsp3) is 0.105. The average molecular weight is 488 g/mol. The zero-order valence-electron chi connectivity index (χ0n) is 16.1. The largest absolute Gasteiger partial charge is 0.337 e. The molecule has 0 saturated carbocycles. The number of sulfonamides is 1. The standard InChI is InChI=1S/C19H18BrN7O2S/c1-11-7-12(8-17-13(11)9-22-26-17)23-19-21-10-14(20)18(25-19)24-15-5-3-4-6-16(15)27-30(2,28)29/h3-10,27H,1-2H3,(H,22,26)(H2,21,23,24,25). The van der Waals surface area contributed by atoms with Gasteiger partial charge in [-0.2, -0.15) is 10.1 Å². The first-order chi connectivity index (χ1) is 14.3. The van der Waals surface area contributed by atoms with Crippen molar-refractivity contribution < 1.29 is 8.42 Å². The summed E-state index contributed by atoms with van der Waals surface area (Å²) in [4.78, 5) is 8.82. The highest BCUT2D eigenvalue weighted by molar-refractivity contribution is 9.10. The lowest BCUT2D eigenvalue weighted by molar-refractivity contribution is 0.607. The summed E-state index contributed by atoms with van der Waals surface area (Å²) >= 11 is 3.43. The Morgan fingerprint density at radius 1 is 1.07 bits per heavy atom. The van der Waals surface area contributed by atoms with Gasteiger partial charge in [-0.1, -0.05) is 12.1 Å². The molecule has 0 atom stereocenters. The number of hydrogen-bond acceptors (Lipinski definition) is 7. The molecule has 0 spiro atoms. The molecule has 2 heterocycles. The van der Waals surface area contributed by atoms with E-state index in [0.717, 1.165) is 28.4 Å². The quantitative estimate of drug-likeness (QED) is 0.319. The first-order valence-electron chi connectivity index (χ1n) is 8.85. The minimum atomic E-state index is -3.42. The Morgan fingerprint density at radius 3 is 2.60 bits per heavy atom. The van der Waals surface area contributed by atoms with Gasteiger partial charge in [0.25, 0.3) is 0 Å². The number of nitrogens with zero attached hydrogens (tertiary/aromatic N) is 3. The minimum absolute atomic E-state index is 0.382. The van der Waals surface area contributed by atoms with Gasteiger partial charge in [-0.25, -0.2) is 13.4 Å². The van der Waals surface area contributed by atoms with Crippen molar-refractivity contribution in [1.29, 1.82) is 0 Å². The molecule has 2 aromatic carbocycles. The van der Waals surface area contributed by atoms with Crippen LogP contribution in [0.25, 0.3) is 10.9 Å². The van der Waals surface area contributed by atoms with Crippen LogP contribution in [0.15, 0.2) is 53.3 Å². The van der Waals surface area contributed by atoms with E-state index in [9.17, 15) is 8.42 Å². The van der Waals surface area contributed by atoms with Gasteiger partial charge >= 0.3 is 0 Å². The molecule has 0 amide bonds. The Labute approximate surface area is 181 Å². The van der Waals surface area contributed by atoms with E-state index in [2.05, 4.69) is 51.5 Å². The molecule has 9 nitrogen and oxygen atoms in total. The summed E-state index contributed by atoms with van der Waals surface area (Å²) < 4.78 is 26.4. The van der Waals surface area contributed by atoms with E-state index in [4.69, 9.17) is 0 Å². The fourth-order valence-electron chi connectivity index (χ4n) is 2.95. The van der Waals surface area contributed by atoms with Crippen molar-refractivity contribution in [3.8, 4) is 0 Å². The highest BCUT2D eigenvalue weighted by atomic mass is 79.9. The number of aryl methyl sites for hydroxylation is 1. The van der Waals surface area contributed by atoms with Gasteiger partial charge in [0.2, 0.25) is 16.0 Å². The molecule has 0 bridgehead atoms. The third kappa shape index (κ3) is 4.52. The number of rotatable bonds is 6. The van der Waals surface area contributed by atoms with Crippen LogP contribution in [-0.4, -0.2) is 34.8 Å². The molecule has 4 aromatic rings. The minimum Gasteiger partial charge on any atom is -0.337 e. The van der Waals surface area contributed by atoms with Gasteiger partial charge in [0.15, 0.2) is 0 Å². The van der Waals surface area contributed by atoms with Crippen LogP contribution >= 0.6 is 15.9 Å². The lowest BCUT2D eigenvalue weighted by Crippen LogP contribution is -2.11. The second-order valence-corrected chi connectivity index (χ2v) is 9.29. The predicted octanol–water partition coefficient (Wildman–Crippen LogP) is 4.28. The second kappa shape index (κ2) is 7.92. The number of anilines is 5. The Kier molecular flexibility index (Phi) is 5.31. The zero-order chi connectivity index (χ0) is 21.3. The van der Waals surface area contributed by atoms with Crippen molar-refractivity contribution in [2.45, 2.75) is 6.92 Å². The normalized spacial score (nSPS) is 11.4. The van der Waals surface area contributed by atoms with E-state index in [1.54, 1.807) is 36.7 Å². The number of fused-ring (bicyclic) bond motifs is 1. The van der Waals surface area contributed by atoms with Gasteiger partial charge < -0.3 is 10.6 Å². The molecule has 0 radical (unpaired) electrons. The molecule has 0 aliphatic rings. The summed E-state index contributed by atoms with van der Waals surface area (Å²) in [6.45, 7) is 2.00. The van der Waals surface area contributed by atoms with Crippen LogP contribution in [0.1, 0.15) is 5.56 Å². The highest BCUT2D eigenvalue weighted by Gasteiger charge is 2.11. The molecule has 4 rings (SSSR count). The molecule has 0 fully saturated rings. The van der Waals surface area contributed by atoms with Crippen molar-refractivity contribution >= 4 is 65.7 Å². The van der Waals surface area contributed by atoms with E-state index >= 15 is 0 Å². The SMILES string of the molecule is Cc1cc(Nc2ncc(Br)c(Nc3ccccc3NS(C)(=O)=O)n2)cc2[nH]ncc12. The molecule has 0 aliphatic carbocycles. The summed E-state index contributed by atoms with van der Waals surface area (Å²) in [5.41, 5.74) is 3.77. The van der Waals surface area contributed by atoms with Crippen molar-refractivity contribution in [1.82, 2.24) is 20.2 Å². The topological polar surface area (TPSA) is 125 Å². The van der Waals surface area contributed by atoms with E-state index in [1.807, 2.05) is 19.1 Å². The lowest BCUT2D eigenvalue weighted by atomic mass is 10.1. The number of hydrogen-bond donors (Lipinski definition) is 4. The first-order valence-corrected chi connectivity index (χ1v) is 11.5. The number of para-hydroxylation sites is 2. The monoisotopic (exact) mass is 487 g/mol. The van der Waals surface area contributed by atoms with Crippen LogP contribution in [0, 0.1) is 6.92 Å². The van der Waals surface area contributed by atoms with E-state index in [1.165, 1.54) is 0 Å². The molecule has 2 aromatic heterocycles. The molecule has 0 unspecified atom stereocenters. The number of nitrogens with one attached hydrogen (secondary N) is 4. The van der Waals surface area contributed by atoms with E-state index < -0.39 is 10.0 Å². The van der Waals surface area contributed by atoms with Crippen LogP contribution in [0.5, 0.6) is 0 Å². The highest BCUT2D eigenvalue weighted by Crippen LogP contribution is 2.30. The van der Waals surface area contributed by atoms with Gasteiger partial charge in [0, 0.05) is 17.3 Å². The number of H-pyrrole nitrogens is 1. The van der Waals surface area contributed by atoms with Crippen molar-refractivity contribution in [2.75, 3.05) is 21.6 Å². The Morgan fingerprint density at radius 2 is 1.83 bits per heavy atom. The number of aromatic nitrogens is 4. The summed E-state index contributed by atoms with van der Waals surface area (Å²) in [6, 6.07) is 10.9. The molecular formula is C19H18BrN7O2S. The van der Waals surface area contributed by atoms with Crippen molar-refractivity contribution in [3.05, 3.63) is 58.8 Å². The van der Waals surface area contributed by atoms with Crippen LogP contribution in [-0.2, 0) is 10.0 Å². The molecule has 4 N–H and O–H groups in total. The van der Waals surface area contributed by atoms with Crippen LogP contribution < -0.4 is 15.4 Å². The molecule has 0 saturated heterocycles. The zero-order valence-corrected chi connectivity index (χ0v) is 18.5. The average Bonchev–Trinajstić information content (AvgIpc) is 3.14. The smallest absolute Gasteiger partial charge is 0.229 e. The number of aromatic amines is 1. The summed E-state index contributed by atoms with van der Waals surface area (Å²) in [5.74, 6) is 0.863. The van der Waals surface area contributed by atoms with E-state index in [0.29, 0.717) is 27.6 Å². The summed E-state index contributed by atoms with van der Waals surface area (Å²) in [7, 11) is -3.42. The van der Waals surface area contributed by atoms with E-state index in [-0.39, 0.29) is 0 Å². The maximum Gasteiger partial charge on any atom is 0.229 e. The van der Waals surface area contributed by atoms with Crippen molar-refractivity contribution in [3.63, 3.8) is 0 Å². The van der Waals surface area contributed by atoms with Crippen LogP contribution in [0.2, 0.25) is 0 Å². The Balaban J connectivity index is 1.62. The molecule has 11 heteroatoms. The third-order valence-corrected chi connectivity index (χ3v) is 5.41. The third-order valence-electron chi connectivity index (χ3n) is 4.24. The molecule has 0 aliphatic heterocycles. The van der Waals surface area contributed by atoms with Gasteiger partial charge in [-0.05, 0) is 52.7 Å². The maximum absolute atomic E-state index is 11.6. The van der Waals surface area contributed by atoms with Gasteiger partial charge in [-0.15, -0.1) is 0 Å². The van der Waals surface area contributed by atoms with Crippen molar-refractivity contribution in [2.24, 2.45) is 0 Å². The Bertz CT molecular complexity index is 1340. The number of halogens is 1. The maximum atomic E-state index is 11.6. The van der Waals surface area contributed by atoms with Crippen LogP contribution in [0.4, 0.5) is 28.8 Å². The predicted molar refractivity (Wildman–Crippen MR) is 122 cm³/mol. The fourth-order valence-corrected chi connectivity index (χ4v) is 3.82. The second-order valence-electron chi connectivity index (χ2n) is 6.68. The lowest BCUT2D eigenvalue weighted by Gasteiger charge is -2.14. The van der Waals surface area contributed by atoms with Crippen LogP contribution in [0.3, 0.4) is 0 Å². The summed E-state index contributed by atoms with van der Waals surface area (Å²) in [6.07, 6.45) is 4.51. The van der Waals surface area contributed by atoms with Gasteiger partial charge in [0.05, 0.1) is 33.8 Å². The first kappa shape index (κ1) is 20.1. The molecule has 154 valence electrons. The number of benzene rings is 2. The molecular weight excluding hydrogens is 470 g/mol. The summed E-state index contributed by atoms with van der Waals surface area (Å²) in [5, 5.41) is 14.4. The van der Waals surface area contributed by atoms with Gasteiger partial charge in [0.1, 0.15) is 5.82 Å².